The molecule has 0 unspecified atom stereocenters. The number of methoxy groups -OCH3 is 1. The lowest BCUT2D eigenvalue weighted by Gasteiger charge is -2.10. The third-order valence-electron chi connectivity index (χ3n) is 4.24. The second-order valence-electron chi connectivity index (χ2n) is 5.88. The van der Waals surface area contributed by atoms with E-state index >= 15 is 0 Å². The van der Waals surface area contributed by atoms with Crippen LogP contribution in [0.2, 0.25) is 5.02 Å². The average molecular weight is 372 g/mol. The molecule has 1 heterocycles. The predicted octanol–water partition coefficient (Wildman–Crippen LogP) is 4.33. The van der Waals surface area contributed by atoms with Gasteiger partial charge < -0.3 is 14.5 Å². The number of halogens is 1. The van der Waals surface area contributed by atoms with E-state index in [0.717, 1.165) is 10.9 Å². The van der Waals surface area contributed by atoms with Gasteiger partial charge in [0, 0.05) is 23.4 Å². The molecule has 3 rings (SSSR count). The zero-order valence-electron chi connectivity index (χ0n) is 14.5. The van der Waals surface area contributed by atoms with E-state index in [9.17, 15) is 9.59 Å². The summed E-state index contributed by atoms with van der Waals surface area (Å²) in [6.07, 6.45) is 0.435. The Bertz CT molecular complexity index is 1030. The van der Waals surface area contributed by atoms with Crippen LogP contribution >= 0.6 is 11.6 Å². The topological polar surface area (TPSA) is 68.5 Å². The second kappa shape index (κ2) is 7.62. The van der Waals surface area contributed by atoms with E-state index in [1.807, 2.05) is 19.1 Å². The molecule has 0 saturated carbocycles. The van der Waals surface area contributed by atoms with Gasteiger partial charge in [0.25, 0.3) is 0 Å². The van der Waals surface area contributed by atoms with Crippen molar-refractivity contribution < 1.29 is 13.9 Å². The van der Waals surface area contributed by atoms with Gasteiger partial charge in [-0.05, 0) is 43.2 Å². The molecule has 6 heteroatoms. The molecule has 134 valence electrons. The second-order valence-corrected chi connectivity index (χ2v) is 6.29. The van der Waals surface area contributed by atoms with E-state index in [4.69, 9.17) is 20.8 Å². The van der Waals surface area contributed by atoms with Crippen molar-refractivity contribution in [2.45, 2.75) is 19.8 Å². The quantitative estimate of drug-likeness (QED) is 0.677. The molecule has 2 aromatic carbocycles. The van der Waals surface area contributed by atoms with Gasteiger partial charge in [-0.1, -0.05) is 23.7 Å². The summed E-state index contributed by atoms with van der Waals surface area (Å²) in [5, 5.41) is 4.05. The van der Waals surface area contributed by atoms with Crippen LogP contribution in [0.25, 0.3) is 11.0 Å². The van der Waals surface area contributed by atoms with E-state index in [2.05, 4.69) is 5.32 Å². The SMILES string of the molecule is COc1ccc2c(C)c(CCC(=O)Nc3ccccc3Cl)c(=O)oc2c1. The number of nitrogens with one attached hydrogen (secondary N) is 1. The highest BCUT2D eigenvalue weighted by Gasteiger charge is 2.14. The highest BCUT2D eigenvalue weighted by Crippen LogP contribution is 2.25. The van der Waals surface area contributed by atoms with E-state index in [1.165, 1.54) is 0 Å². The van der Waals surface area contributed by atoms with E-state index in [0.29, 0.717) is 27.6 Å². The summed E-state index contributed by atoms with van der Waals surface area (Å²) in [5.41, 5.74) is 1.89. The first-order valence-electron chi connectivity index (χ1n) is 8.14. The first kappa shape index (κ1) is 18.0. The number of aryl methyl sites for hydroxylation is 1. The summed E-state index contributed by atoms with van der Waals surface area (Å²) >= 11 is 6.04. The Morgan fingerprint density at radius 2 is 2.00 bits per heavy atom. The molecule has 1 N–H and O–H groups in total. The van der Waals surface area contributed by atoms with Crippen molar-refractivity contribution in [3.05, 3.63) is 69.0 Å². The van der Waals surface area contributed by atoms with Crippen LogP contribution in [-0.4, -0.2) is 13.0 Å². The molecule has 0 spiro atoms. The van der Waals surface area contributed by atoms with Crippen LogP contribution in [0, 0.1) is 6.92 Å². The van der Waals surface area contributed by atoms with Crippen molar-refractivity contribution in [1.82, 2.24) is 0 Å². The normalized spacial score (nSPS) is 10.7. The summed E-state index contributed by atoms with van der Waals surface area (Å²) in [7, 11) is 1.55. The Kier molecular flexibility index (Phi) is 5.28. The number of hydrogen-bond acceptors (Lipinski definition) is 4. The van der Waals surface area contributed by atoms with Gasteiger partial charge >= 0.3 is 5.63 Å². The third kappa shape index (κ3) is 3.73. The molecular formula is C20H18ClNO4. The number of rotatable bonds is 5. The number of para-hydroxylation sites is 1. The Labute approximate surface area is 155 Å². The van der Waals surface area contributed by atoms with Crippen molar-refractivity contribution in [2.24, 2.45) is 0 Å². The van der Waals surface area contributed by atoms with Gasteiger partial charge in [-0.25, -0.2) is 4.79 Å². The fraction of sp³-hybridized carbons (Fsp3) is 0.200. The number of fused-ring (bicyclic) bond motifs is 1. The van der Waals surface area contributed by atoms with E-state index in [-0.39, 0.29) is 18.7 Å². The minimum absolute atomic E-state index is 0.151. The molecule has 0 radical (unpaired) electrons. The first-order chi connectivity index (χ1) is 12.5. The van der Waals surface area contributed by atoms with E-state index in [1.54, 1.807) is 37.4 Å². The van der Waals surface area contributed by atoms with Gasteiger partial charge in [-0.2, -0.15) is 0 Å². The maximum atomic E-state index is 12.3. The van der Waals surface area contributed by atoms with Gasteiger partial charge in [-0.15, -0.1) is 0 Å². The van der Waals surface area contributed by atoms with Gasteiger partial charge in [0.1, 0.15) is 11.3 Å². The minimum Gasteiger partial charge on any atom is -0.497 e. The van der Waals surface area contributed by atoms with Gasteiger partial charge in [0.2, 0.25) is 5.91 Å². The summed E-state index contributed by atoms with van der Waals surface area (Å²) < 4.78 is 10.5. The van der Waals surface area contributed by atoms with Gasteiger partial charge in [-0.3, -0.25) is 4.79 Å². The molecule has 1 amide bonds. The van der Waals surface area contributed by atoms with Gasteiger partial charge in [0.05, 0.1) is 17.8 Å². The number of hydrogen-bond donors (Lipinski definition) is 1. The molecule has 0 fully saturated rings. The summed E-state index contributed by atoms with van der Waals surface area (Å²) in [6.45, 7) is 1.85. The lowest BCUT2D eigenvalue weighted by molar-refractivity contribution is -0.116. The molecule has 0 saturated heterocycles. The maximum absolute atomic E-state index is 12.3. The molecule has 0 aliphatic carbocycles. The average Bonchev–Trinajstić information content (AvgIpc) is 2.63. The molecule has 5 nitrogen and oxygen atoms in total. The van der Waals surface area contributed by atoms with Crippen LogP contribution < -0.4 is 15.7 Å². The van der Waals surface area contributed by atoms with Crippen molar-refractivity contribution in [2.75, 3.05) is 12.4 Å². The number of ether oxygens (including phenoxy) is 1. The molecule has 26 heavy (non-hydrogen) atoms. The molecule has 0 aliphatic rings. The fourth-order valence-corrected chi connectivity index (χ4v) is 2.99. The number of anilines is 1. The predicted molar refractivity (Wildman–Crippen MR) is 102 cm³/mol. The van der Waals surface area contributed by atoms with Gasteiger partial charge in [0.15, 0.2) is 0 Å². The lowest BCUT2D eigenvalue weighted by Crippen LogP contribution is -2.16. The number of benzene rings is 2. The number of carbonyl (C=O) groups is 1. The Balaban J connectivity index is 1.79. The van der Waals surface area contributed by atoms with Crippen LogP contribution in [0.5, 0.6) is 5.75 Å². The highest BCUT2D eigenvalue weighted by molar-refractivity contribution is 6.33. The van der Waals surface area contributed by atoms with Crippen molar-refractivity contribution in [1.29, 1.82) is 0 Å². The van der Waals surface area contributed by atoms with Crippen LogP contribution in [-0.2, 0) is 11.2 Å². The van der Waals surface area contributed by atoms with Crippen molar-refractivity contribution in [3.63, 3.8) is 0 Å². The Morgan fingerprint density at radius 1 is 1.23 bits per heavy atom. The highest BCUT2D eigenvalue weighted by atomic mass is 35.5. The summed E-state index contributed by atoms with van der Waals surface area (Å²) in [4.78, 5) is 24.5. The largest absolute Gasteiger partial charge is 0.497 e. The molecule has 0 atom stereocenters. The Morgan fingerprint density at radius 3 is 2.73 bits per heavy atom. The van der Waals surface area contributed by atoms with E-state index < -0.39 is 5.63 Å². The van der Waals surface area contributed by atoms with Crippen molar-refractivity contribution >= 4 is 34.2 Å². The molecule has 0 bridgehead atoms. The number of amides is 1. The maximum Gasteiger partial charge on any atom is 0.339 e. The molecule has 0 aliphatic heterocycles. The lowest BCUT2D eigenvalue weighted by atomic mass is 10.0. The van der Waals surface area contributed by atoms with Crippen LogP contribution in [0.1, 0.15) is 17.5 Å². The van der Waals surface area contributed by atoms with Crippen molar-refractivity contribution in [3.8, 4) is 5.75 Å². The first-order valence-corrected chi connectivity index (χ1v) is 8.52. The third-order valence-corrected chi connectivity index (χ3v) is 4.57. The fourth-order valence-electron chi connectivity index (χ4n) is 2.80. The zero-order valence-corrected chi connectivity index (χ0v) is 15.2. The molecular weight excluding hydrogens is 354 g/mol. The van der Waals surface area contributed by atoms with Crippen LogP contribution in [0.4, 0.5) is 5.69 Å². The smallest absolute Gasteiger partial charge is 0.339 e. The summed E-state index contributed by atoms with van der Waals surface area (Å²) in [5.74, 6) is 0.402. The standard InChI is InChI=1S/C20H18ClNO4/c1-12-14-8-7-13(25-2)11-18(14)26-20(24)15(12)9-10-19(23)22-17-6-4-3-5-16(17)21/h3-8,11H,9-10H2,1-2H3,(H,22,23). The molecule has 1 aromatic heterocycles. The molecule has 3 aromatic rings. The number of carbonyl (C=O) groups excluding carboxylic acids is 1. The monoisotopic (exact) mass is 371 g/mol. The van der Waals surface area contributed by atoms with Crippen LogP contribution in [0.3, 0.4) is 0 Å². The summed E-state index contributed by atoms with van der Waals surface area (Å²) in [6, 6.07) is 12.3. The minimum atomic E-state index is -0.436. The Hall–Kier alpha value is -2.79. The zero-order chi connectivity index (χ0) is 18.7. The van der Waals surface area contributed by atoms with Crippen LogP contribution in [0.15, 0.2) is 51.7 Å².